The SMILES string of the molecule is O=C(CSc1nnc(C2CC2)n1Cc1ccco1)Nc1ccc(N2CCCC2)cc1. The highest BCUT2D eigenvalue weighted by Crippen LogP contribution is 2.40. The first-order valence-corrected chi connectivity index (χ1v) is 11.5. The van der Waals surface area contributed by atoms with Gasteiger partial charge in [-0.25, -0.2) is 0 Å². The first-order valence-electron chi connectivity index (χ1n) is 10.5. The van der Waals surface area contributed by atoms with Crippen molar-refractivity contribution < 1.29 is 9.21 Å². The van der Waals surface area contributed by atoms with Crippen molar-refractivity contribution in [2.45, 2.75) is 43.3 Å². The summed E-state index contributed by atoms with van der Waals surface area (Å²) in [7, 11) is 0. The second-order valence-corrected chi connectivity index (χ2v) is 8.80. The number of amides is 1. The Hall–Kier alpha value is -2.74. The van der Waals surface area contributed by atoms with Gasteiger partial charge in [0.2, 0.25) is 5.91 Å². The first kappa shape index (κ1) is 19.2. The average molecular weight is 424 g/mol. The topological polar surface area (TPSA) is 76.2 Å². The van der Waals surface area contributed by atoms with E-state index in [0.29, 0.717) is 12.5 Å². The third-order valence-electron chi connectivity index (χ3n) is 5.54. The number of aromatic nitrogens is 3. The zero-order valence-electron chi connectivity index (χ0n) is 16.8. The molecule has 0 unspecified atom stereocenters. The molecular formula is C22H25N5O2S. The van der Waals surface area contributed by atoms with Crippen LogP contribution >= 0.6 is 11.8 Å². The summed E-state index contributed by atoms with van der Waals surface area (Å²) in [6.07, 6.45) is 6.47. The number of nitrogens with one attached hydrogen (secondary N) is 1. The highest BCUT2D eigenvalue weighted by molar-refractivity contribution is 7.99. The fraction of sp³-hybridized carbons (Fsp3) is 0.409. The zero-order valence-corrected chi connectivity index (χ0v) is 17.6. The van der Waals surface area contributed by atoms with Crippen molar-refractivity contribution >= 4 is 29.0 Å². The van der Waals surface area contributed by atoms with Crippen LogP contribution in [0.15, 0.2) is 52.2 Å². The summed E-state index contributed by atoms with van der Waals surface area (Å²) in [4.78, 5) is 14.9. The zero-order chi connectivity index (χ0) is 20.3. The summed E-state index contributed by atoms with van der Waals surface area (Å²) in [5, 5.41) is 12.5. The average Bonchev–Trinajstić information content (AvgIpc) is 3.16. The van der Waals surface area contributed by atoms with Gasteiger partial charge in [-0.1, -0.05) is 11.8 Å². The molecule has 156 valence electrons. The second kappa shape index (κ2) is 8.55. The molecule has 30 heavy (non-hydrogen) atoms. The van der Waals surface area contributed by atoms with Crippen molar-refractivity contribution in [1.82, 2.24) is 14.8 Å². The van der Waals surface area contributed by atoms with E-state index in [1.54, 1.807) is 6.26 Å². The highest BCUT2D eigenvalue weighted by atomic mass is 32.2. The van der Waals surface area contributed by atoms with Crippen LogP contribution in [0, 0.1) is 0 Å². The number of rotatable bonds is 8. The van der Waals surface area contributed by atoms with Crippen LogP contribution in [0.3, 0.4) is 0 Å². The van der Waals surface area contributed by atoms with E-state index in [-0.39, 0.29) is 11.7 Å². The van der Waals surface area contributed by atoms with E-state index in [1.165, 1.54) is 30.3 Å². The van der Waals surface area contributed by atoms with Gasteiger partial charge in [0.05, 0.1) is 18.6 Å². The molecule has 0 radical (unpaired) electrons. The minimum atomic E-state index is -0.0468. The Morgan fingerprint density at radius 2 is 1.93 bits per heavy atom. The lowest BCUT2D eigenvalue weighted by Crippen LogP contribution is -2.18. The van der Waals surface area contributed by atoms with Gasteiger partial charge in [0.1, 0.15) is 11.6 Å². The largest absolute Gasteiger partial charge is 0.467 e. The molecule has 1 N–H and O–H groups in total. The third-order valence-corrected chi connectivity index (χ3v) is 6.50. The van der Waals surface area contributed by atoms with Crippen molar-refractivity contribution in [3.63, 3.8) is 0 Å². The summed E-state index contributed by atoms with van der Waals surface area (Å²) in [5.74, 6) is 2.57. The molecule has 0 spiro atoms. The molecule has 1 saturated heterocycles. The van der Waals surface area contributed by atoms with E-state index in [4.69, 9.17) is 4.42 Å². The maximum atomic E-state index is 12.5. The summed E-state index contributed by atoms with van der Waals surface area (Å²) in [6, 6.07) is 11.9. The fourth-order valence-electron chi connectivity index (χ4n) is 3.82. The standard InChI is InChI=1S/C22H25N5O2S/c28-20(23-17-7-9-18(10-8-17)26-11-1-2-12-26)15-30-22-25-24-21(16-5-6-16)27(22)14-19-4-3-13-29-19/h3-4,7-10,13,16H,1-2,5-6,11-12,14-15H2,(H,23,28). The highest BCUT2D eigenvalue weighted by Gasteiger charge is 2.30. The van der Waals surface area contributed by atoms with Gasteiger partial charge >= 0.3 is 0 Å². The monoisotopic (exact) mass is 423 g/mol. The van der Waals surface area contributed by atoms with Gasteiger partial charge in [0.15, 0.2) is 5.16 Å². The number of carbonyl (C=O) groups is 1. The number of thioether (sulfide) groups is 1. The maximum absolute atomic E-state index is 12.5. The van der Waals surface area contributed by atoms with Gasteiger partial charge in [-0.3, -0.25) is 9.36 Å². The van der Waals surface area contributed by atoms with Crippen molar-refractivity contribution in [3.05, 3.63) is 54.2 Å². The molecule has 0 atom stereocenters. The van der Waals surface area contributed by atoms with Crippen molar-refractivity contribution in [1.29, 1.82) is 0 Å². The predicted octanol–water partition coefficient (Wildman–Crippen LogP) is 4.13. The quantitative estimate of drug-likeness (QED) is 0.549. The molecule has 1 aliphatic carbocycles. The van der Waals surface area contributed by atoms with Crippen LogP contribution in [-0.4, -0.2) is 39.5 Å². The molecule has 3 aromatic rings. The van der Waals surface area contributed by atoms with Crippen LogP contribution in [0.25, 0.3) is 0 Å². The van der Waals surface area contributed by atoms with Gasteiger partial charge in [0.25, 0.3) is 0 Å². The number of furan rings is 1. The Balaban J connectivity index is 1.20. The van der Waals surface area contributed by atoms with Crippen LogP contribution in [-0.2, 0) is 11.3 Å². The Morgan fingerprint density at radius 1 is 1.13 bits per heavy atom. The summed E-state index contributed by atoms with van der Waals surface area (Å²) in [6.45, 7) is 2.82. The van der Waals surface area contributed by atoms with Crippen molar-refractivity contribution in [2.75, 3.05) is 29.1 Å². The Kier molecular flexibility index (Phi) is 5.48. The Labute approximate surface area is 179 Å². The lowest BCUT2D eigenvalue weighted by Gasteiger charge is -2.17. The molecule has 1 amide bonds. The number of anilines is 2. The summed E-state index contributed by atoms with van der Waals surface area (Å²) in [5.41, 5.74) is 2.04. The fourth-order valence-corrected chi connectivity index (χ4v) is 4.56. The van der Waals surface area contributed by atoms with Gasteiger partial charge in [-0.2, -0.15) is 0 Å². The van der Waals surface area contributed by atoms with Gasteiger partial charge in [-0.05, 0) is 62.1 Å². The lowest BCUT2D eigenvalue weighted by molar-refractivity contribution is -0.113. The Morgan fingerprint density at radius 3 is 2.63 bits per heavy atom. The smallest absolute Gasteiger partial charge is 0.234 e. The molecule has 2 aromatic heterocycles. The minimum Gasteiger partial charge on any atom is -0.467 e. The van der Waals surface area contributed by atoms with Crippen LogP contribution in [0.1, 0.15) is 43.2 Å². The van der Waals surface area contributed by atoms with E-state index in [0.717, 1.165) is 48.4 Å². The number of nitrogens with zero attached hydrogens (tertiary/aromatic N) is 4. The molecule has 7 nitrogen and oxygen atoms in total. The molecule has 5 rings (SSSR count). The molecule has 2 aliphatic rings. The minimum absolute atomic E-state index is 0.0468. The van der Waals surface area contributed by atoms with Gasteiger partial charge in [-0.15, -0.1) is 10.2 Å². The van der Waals surface area contributed by atoms with Crippen molar-refractivity contribution in [2.24, 2.45) is 0 Å². The third kappa shape index (κ3) is 4.38. The molecule has 1 saturated carbocycles. The summed E-state index contributed by atoms with van der Waals surface area (Å²) >= 11 is 1.41. The molecule has 1 aliphatic heterocycles. The molecule has 2 fully saturated rings. The first-order chi connectivity index (χ1) is 14.8. The molecular weight excluding hydrogens is 398 g/mol. The van der Waals surface area contributed by atoms with E-state index < -0.39 is 0 Å². The van der Waals surface area contributed by atoms with E-state index in [1.807, 2.05) is 24.3 Å². The summed E-state index contributed by atoms with van der Waals surface area (Å²) < 4.78 is 7.58. The maximum Gasteiger partial charge on any atom is 0.234 e. The van der Waals surface area contributed by atoms with Crippen LogP contribution in [0.4, 0.5) is 11.4 Å². The van der Waals surface area contributed by atoms with Crippen molar-refractivity contribution in [3.8, 4) is 0 Å². The lowest BCUT2D eigenvalue weighted by atomic mass is 10.2. The van der Waals surface area contributed by atoms with Crippen LogP contribution < -0.4 is 10.2 Å². The van der Waals surface area contributed by atoms with E-state index in [9.17, 15) is 4.79 Å². The number of carbonyl (C=O) groups excluding carboxylic acids is 1. The molecule has 3 heterocycles. The van der Waals surface area contributed by atoms with Crippen LogP contribution in [0.2, 0.25) is 0 Å². The van der Waals surface area contributed by atoms with E-state index in [2.05, 4.69) is 37.1 Å². The number of benzene rings is 1. The molecule has 8 heteroatoms. The van der Waals surface area contributed by atoms with Gasteiger partial charge < -0.3 is 14.6 Å². The van der Waals surface area contributed by atoms with Gasteiger partial charge in [0, 0.05) is 30.4 Å². The predicted molar refractivity (Wildman–Crippen MR) is 117 cm³/mol. The normalized spacial score (nSPS) is 16.2. The molecule has 1 aromatic carbocycles. The van der Waals surface area contributed by atoms with Crippen LogP contribution in [0.5, 0.6) is 0 Å². The Bertz CT molecular complexity index is 989. The number of hydrogen-bond donors (Lipinski definition) is 1. The molecule has 0 bridgehead atoms. The second-order valence-electron chi connectivity index (χ2n) is 7.86. The number of hydrogen-bond acceptors (Lipinski definition) is 6. The van der Waals surface area contributed by atoms with E-state index >= 15 is 0 Å².